The molecule has 1 saturated carbocycles. The molecule has 0 saturated heterocycles. The van der Waals surface area contributed by atoms with Crippen LogP contribution in [0.4, 0.5) is 0 Å². The summed E-state index contributed by atoms with van der Waals surface area (Å²) in [7, 11) is 0. The van der Waals surface area contributed by atoms with Crippen molar-refractivity contribution in [2.45, 2.75) is 25.4 Å². The van der Waals surface area contributed by atoms with Crippen molar-refractivity contribution < 1.29 is 14.7 Å². The normalized spacial score (nSPS) is 13.9. The van der Waals surface area contributed by atoms with Gasteiger partial charge in [0.15, 0.2) is 0 Å². The Morgan fingerprint density at radius 1 is 1.19 bits per heavy atom. The van der Waals surface area contributed by atoms with E-state index in [9.17, 15) is 9.59 Å². The molecule has 21 heavy (non-hydrogen) atoms. The first kappa shape index (κ1) is 13.4. The summed E-state index contributed by atoms with van der Waals surface area (Å²) in [5.74, 6) is -1.05. The Bertz CT molecular complexity index is 669. The Kier molecular flexibility index (Phi) is 3.48. The third kappa shape index (κ3) is 2.97. The maximum absolute atomic E-state index is 12.2. The van der Waals surface area contributed by atoms with Crippen LogP contribution >= 0.6 is 0 Å². The zero-order valence-corrected chi connectivity index (χ0v) is 11.5. The smallest absolute Gasteiger partial charge is 0.335 e. The van der Waals surface area contributed by atoms with E-state index in [1.54, 1.807) is 12.1 Å². The lowest BCUT2D eigenvalue weighted by molar-refractivity contribution is 0.0696. The number of hydrogen-bond acceptors (Lipinski definition) is 2. The number of carboxylic acids is 1. The fourth-order valence-corrected chi connectivity index (χ4v) is 2.30. The van der Waals surface area contributed by atoms with E-state index in [4.69, 9.17) is 5.11 Å². The van der Waals surface area contributed by atoms with Crippen molar-refractivity contribution in [2.75, 3.05) is 0 Å². The molecular formula is C16H16N2O3. The monoisotopic (exact) mass is 284 g/mol. The van der Waals surface area contributed by atoms with Gasteiger partial charge in [0.25, 0.3) is 5.91 Å². The first-order valence-corrected chi connectivity index (χ1v) is 6.92. The predicted molar refractivity (Wildman–Crippen MR) is 77.3 cm³/mol. The van der Waals surface area contributed by atoms with Gasteiger partial charge in [-0.05, 0) is 42.7 Å². The van der Waals surface area contributed by atoms with Crippen LogP contribution in [0.2, 0.25) is 0 Å². The van der Waals surface area contributed by atoms with Crippen molar-refractivity contribution in [1.82, 2.24) is 9.88 Å². The zero-order valence-electron chi connectivity index (χ0n) is 11.5. The van der Waals surface area contributed by atoms with E-state index in [0.717, 1.165) is 18.4 Å². The van der Waals surface area contributed by atoms with Gasteiger partial charge in [0.05, 0.1) is 5.56 Å². The van der Waals surface area contributed by atoms with Gasteiger partial charge in [-0.25, -0.2) is 4.79 Å². The number of rotatable bonds is 5. The highest BCUT2D eigenvalue weighted by atomic mass is 16.4. The summed E-state index contributed by atoms with van der Waals surface area (Å²) in [6.07, 6.45) is 4.20. The Morgan fingerprint density at radius 3 is 2.52 bits per heavy atom. The average Bonchev–Trinajstić information content (AvgIpc) is 3.22. The van der Waals surface area contributed by atoms with Crippen molar-refractivity contribution in [1.29, 1.82) is 0 Å². The SMILES string of the molecule is O=C(O)c1ccc(CNC(=O)c2cccn2C2CC2)cc1. The Hall–Kier alpha value is -2.56. The molecule has 1 amide bonds. The predicted octanol–water partition coefficient (Wildman–Crippen LogP) is 2.45. The molecule has 0 radical (unpaired) electrons. The maximum atomic E-state index is 12.2. The van der Waals surface area contributed by atoms with Crippen LogP contribution in [0.5, 0.6) is 0 Å². The molecule has 1 aromatic carbocycles. The molecule has 1 fully saturated rings. The van der Waals surface area contributed by atoms with Crippen molar-refractivity contribution in [2.24, 2.45) is 0 Å². The fourth-order valence-electron chi connectivity index (χ4n) is 2.30. The van der Waals surface area contributed by atoms with Crippen LogP contribution in [0, 0.1) is 0 Å². The minimum absolute atomic E-state index is 0.103. The molecule has 3 rings (SSSR count). The van der Waals surface area contributed by atoms with Crippen LogP contribution in [0.15, 0.2) is 42.6 Å². The molecule has 5 heteroatoms. The topological polar surface area (TPSA) is 71.3 Å². The summed E-state index contributed by atoms with van der Waals surface area (Å²) in [5.41, 5.74) is 1.80. The summed E-state index contributed by atoms with van der Waals surface area (Å²) >= 11 is 0. The van der Waals surface area contributed by atoms with Gasteiger partial charge in [0.2, 0.25) is 0 Å². The Labute approximate surface area is 122 Å². The number of nitrogens with one attached hydrogen (secondary N) is 1. The first-order valence-electron chi connectivity index (χ1n) is 6.92. The molecule has 5 nitrogen and oxygen atoms in total. The van der Waals surface area contributed by atoms with Crippen LogP contribution in [0.25, 0.3) is 0 Å². The summed E-state index contributed by atoms with van der Waals surface area (Å²) < 4.78 is 2.02. The Morgan fingerprint density at radius 2 is 1.90 bits per heavy atom. The van der Waals surface area contributed by atoms with Gasteiger partial charge in [-0.1, -0.05) is 12.1 Å². The van der Waals surface area contributed by atoms with Gasteiger partial charge in [-0.15, -0.1) is 0 Å². The second-order valence-electron chi connectivity index (χ2n) is 5.22. The number of nitrogens with zero attached hydrogens (tertiary/aromatic N) is 1. The van der Waals surface area contributed by atoms with Gasteiger partial charge in [-0.2, -0.15) is 0 Å². The number of amides is 1. The molecule has 0 spiro atoms. The van der Waals surface area contributed by atoms with Gasteiger partial charge in [-0.3, -0.25) is 4.79 Å². The average molecular weight is 284 g/mol. The minimum atomic E-state index is -0.951. The number of carbonyl (C=O) groups excluding carboxylic acids is 1. The molecule has 108 valence electrons. The molecule has 1 aliphatic carbocycles. The number of benzene rings is 1. The standard InChI is InChI=1S/C16H16N2O3/c19-15(14-2-1-9-18(14)13-7-8-13)17-10-11-3-5-12(6-4-11)16(20)21/h1-6,9,13H,7-8,10H2,(H,17,19)(H,20,21). The van der Waals surface area contributed by atoms with E-state index in [0.29, 0.717) is 18.3 Å². The molecule has 2 aromatic rings. The minimum Gasteiger partial charge on any atom is -0.478 e. The number of aromatic nitrogens is 1. The van der Waals surface area contributed by atoms with Crippen LogP contribution < -0.4 is 5.32 Å². The van der Waals surface area contributed by atoms with E-state index < -0.39 is 5.97 Å². The first-order chi connectivity index (χ1) is 10.1. The molecule has 1 aliphatic rings. The van der Waals surface area contributed by atoms with E-state index >= 15 is 0 Å². The second-order valence-corrected chi connectivity index (χ2v) is 5.22. The lowest BCUT2D eigenvalue weighted by Gasteiger charge is -2.09. The lowest BCUT2D eigenvalue weighted by Crippen LogP contribution is -2.25. The molecule has 1 aromatic heterocycles. The molecule has 0 atom stereocenters. The molecule has 0 bridgehead atoms. The van der Waals surface area contributed by atoms with Crippen molar-refractivity contribution >= 4 is 11.9 Å². The number of carbonyl (C=O) groups is 2. The molecule has 0 unspecified atom stereocenters. The summed E-state index contributed by atoms with van der Waals surface area (Å²) in [4.78, 5) is 22.9. The van der Waals surface area contributed by atoms with Crippen molar-refractivity contribution in [3.8, 4) is 0 Å². The van der Waals surface area contributed by atoms with E-state index in [-0.39, 0.29) is 11.5 Å². The van der Waals surface area contributed by atoms with E-state index in [2.05, 4.69) is 5.32 Å². The Balaban J connectivity index is 1.62. The van der Waals surface area contributed by atoms with E-state index in [1.165, 1.54) is 12.1 Å². The third-order valence-electron chi connectivity index (χ3n) is 3.61. The van der Waals surface area contributed by atoms with Gasteiger partial charge < -0.3 is 15.0 Å². The van der Waals surface area contributed by atoms with Gasteiger partial charge >= 0.3 is 5.97 Å². The largest absolute Gasteiger partial charge is 0.478 e. The molecule has 2 N–H and O–H groups in total. The highest BCUT2D eigenvalue weighted by molar-refractivity contribution is 5.92. The van der Waals surface area contributed by atoms with Crippen molar-refractivity contribution in [3.05, 3.63) is 59.4 Å². The number of hydrogen-bond donors (Lipinski definition) is 2. The quantitative estimate of drug-likeness (QED) is 0.886. The third-order valence-corrected chi connectivity index (χ3v) is 3.61. The van der Waals surface area contributed by atoms with Crippen molar-refractivity contribution in [3.63, 3.8) is 0 Å². The second kappa shape index (κ2) is 5.44. The molecule has 1 heterocycles. The molecular weight excluding hydrogens is 268 g/mol. The van der Waals surface area contributed by atoms with Crippen LogP contribution in [0.1, 0.15) is 45.3 Å². The van der Waals surface area contributed by atoms with Gasteiger partial charge in [0, 0.05) is 18.8 Å². The summed E-state index contributed by atoms with van der Waals surface area (Å²) in [6, 6.07) is 10.7. The summed E-state index contributed by atoms with van der Waals surface area (Å²) in [6.45, 7) is 0.384. The highest BCUT2D eigenvalue weighted by Crippen LogP contribution is 2.35. The number of aromatic carboxylic acids is 1. The number of carboxylic acid groups (broad SMARTS) is 1. The zero-order chi connectivity index (χ0) is 14.8. The molecule has 0 aliphatic heterocycles. The van der Waals surface area contributed by atoms with Crippen LogP contribution in [-0.2, 0) is 6.54 Å². The van der Waals surface area contributed by atoms with Crippen LogP contribution in [0.3, 0.4) is 0 Å². The van der Waals surface area contributed by atoms with E-state index in [1.807, 2.05) is 22.9 Å². The highest BCUT2D eigenvalue weighted by Gasteiger charge is 2.26. The van der Waals surface area contributed by atoms with Gasteiger partial charge in [0.1, 0.15) is 5.69 Å². The van der Waals surface area contributed by atoms with Crippen LogP contribution in [-0.4, -0.2) is 21.6 Å². The fraction of sp³-hybridized carbons (Fsp3) is 0.250. The summed E-state index contributed by atoms with van der Waals surface area (Å²) in [5, 5.41) is 11.7. The lowest BCUT2D eigenvalue weighted by atomic mass is 10.1. The maximum Gasteiger partial charge on any atom is 0.335 e.